The first-order valence-corrected chi connectivity index (χ1v) is 13.9. The highest BCUT2D eigenvalue weighted by molar-refractivity contribution is 7.92. The van der Waals surface area contributed by atoms with Crippen molar-refractivity contribution in [2.75, 3.05) is 24.1 Å². The standard InChI is InChI=1S/C26H32F2N4O6S/c1-3-7-39(35,36)32-26-30-21(16-38-26)13-25(34)31-23(11-18-8-19(27)12-20(28)9-18)24(33)15-29-14-17-5-4-6-22(10-17)37-2/h4-6,8-10,12,16,23-24,29,33H,3,7,11,13-15H2,1-2H3,(H,30,32)(H,31,34)/t23-,24+/m0/s1. The van der Waals surface area contributed by atoms with Crippen molar-refractivity contribution in [3.8, 4) is 5.75 Å². The molecular weight excluding hydrogens is 534 g/mol. The number of anilines is 1. The summed E-state index contributed by atoms with van der Waals surface area (Å²) >= 11 is 0. The third kappa shape index (κ3) is 9.93. The Balaban J connectivity index is 1.65. The van der Waals surface area contributed by atoms with E-state index in [-0.39, 0.29) is 42.4 Å². The first kappa shape index (κ1) is 30.0. The van der Waals surface area contributed by atoms with Gasteiger partial charge in [0.05, 0.1) is 37.1 Å². The smallest absolute Gasteiger partial charge is 0.308 e. The van der Waals surface area contributed by atoms with Crippen LogP contribution in [0.1, 0.15) is 30.2 Å². The molecule has 3 aromatic rings. The molecule has 0 aliphatic carbocycles. The lowest BCUT2D eigenvalue weighted by Gasteiger charge is -2.25. The predicted octanol–water partition coefficient (Wildman–Crippen LogP) is 2.53. The molecule has 0 saturated heterocycles. The number of amides is 1. The molecule has 0 bridgehead atoms. The number of aromatic nitrogens is 1. The number of carbonyl (C=O) groups is 1. The monoisotopic (exact) mass is 566 g/mol. The fourth-order valence-corrected chi connectivity index (χ4v) is 4.86. The van der Waals surface area contributed by atoms with Gasteiger partial charge in [0.15, 0.2) is 0 Å². The molecule has 3 rings (SSSR count). The highest BCUT2D eigenvalue weighted by Gasteiger charge is 2.23. The molecule has 2 aromatic carbocycles. The van der Waals surface area contributed by atoms with E-state index >= 15 is 0 Å². The van der Waals surface area contributed by atoms with E-state index in [0.29, 0.717) is 18.7 Å². The molecule has 10 nitrogen and oxygen atoms in total. The zero-order valence-electron chi connectivity index (χ0n) is 21.6. The Bertz CT molecular complexity index is 1330. The zero-order valence-corrected chi connectivity index (χ0v) is 22.4. The van der Waals surface area contributed by atoms with Gasteiger partial charge in [0.1, 0.15) is 23.6 Å². The highest BCUT2D eigenvalue weighted by Crippen LogP contribution is 2.15. The number of ether oxygens (including phenoxy) is 1. The van der Waals surface area contributed by atoms with Crippen LogP contribution in [0.15, 0.2) is 53.1 Å². The number of oxazole rings is 1. The maximum absolute atomic E-state index is 13.8. The largest absolute Gasteiger partial charge is 0.497 e. The van der Waals surface area contributed by atoms with Gasteiger partial charge in [-0.3, -0.25) is 4.79 Å². The van der Waals surface area contributed by atoms with Crippen LogP contribution in [-0.4, -0.2) is 56.0 Å². The number of hydrogen-bond donors (Lipinski definition) is 4. The fourth-order valence-electron chi connectivity index (χ4n) is 3.87. The predicted molar refractivity (Wildman–Crippen MR) is 141 cm³/mol. The number of carbonyl (C=O) groups excluding carboxylic acids is 1. The average Bonchev–Trinajstić information content (AvgIpc) is 3.28. The molecule has 4 N–H and O–H groups in total. The fraction of sp³-hybridized carbons (Fsp3) is 0.385. The topological polar surface area (TPSA) is 143 Å². The van der Waals surface area contributed by atoms with Crippen LogP contribution in [0, 0.1) is 11.6 Å². The molecule has 0 aliphatic rings. The second-order valence-electron chi connectivity index (χ2n) is 8.95. The van der Waals surface area contributed by atoms with Crippen LogP contribution < -0.4 is 20.1 Å². The summed E-state index contributed by atoms with van der Waals surface area (Å²) in [6.45, 7) is 2.18. The van der Waals surface area contributed by atoms with E-state index in [9.17, 15) is 27.1 Å². The second kappa shape index (κ2) is 14.0. The number of benzene rings is 2. The van der Waals surface area contributed by atoms with Crippen LogP contribution in [-0.2, 0) is 34.2 Å². The summed E-state index contributed by atoms with van der Waals surface area (Å²) in [5.41, 5.74) is 1.31. The first-order chi connectivity index (χ1) is 18.6. The number of sulfonamides is 1. The Morgan fingerprint density at radius 1 is 1.15 bits per heavy atom. The number of nitrogens with zero attached hydrogens (tertiary/aromatic N) is 1. The Kier molecular flexibility index (Phi) is 10.8. The van der Waals surface area contributed by atoms with Crippen LogP contribution in [0.2, 0.25) is 0 Å². The Morgan fingerprint density at radius 2 is 1.90 bits per heavy atom. The number of rotatable bonds is 15. The summed E-state index contributed by atoms with van der Waals surface area (Å²) in [5, 5.41) is 16.7. The Morgan fingerprint density at radius 3 is 2.59 bits per heavy atom. The number of aliphatic hydroxyl groups excluding tert-OH is 1. The van der Waals surface area contributed by atoms with E-state index in [1.165, 1.54) is 0 Å². The van der Waals surface area contributed by atoms with Crippen molar-refractivity contribution in [3.63, 3.8) is 0 Å². The van der Waals surface area contributed by atoms with Crippen molar-refractivity contribution in [1.29, 1.82) is 0 Å². The molecular formula is C26H32F2N4O6S. The van der Waals surface area contributed by atoms with E-state index < -0.39 is 39.7 Å². The minimum absolute atomic E-state index is 0.0523. The molecule has 0 unspecified atom stereocenters. The Hall–Kier alpha value is -3.55. The molecule has 1 heterocycles. The van der Waals surface area contributed by atoms with Crippen molar-refractivity contribution in [2.24, 2.45) is 0 Å². The van der Waals surface area contributed by atoms with E-state index in [0.717, 1.165) is 30.0 Å². The molecule has 13 heteroatoms. The van der Waals surface area contributed by atoms with Crippen LogP contribution in [0.25, 0.3) is 0 Å². The number of halogens is 2. The van der Waals surface area contributed by atoms with Crippen LogP contribution >= 0.6 is 0 Å². The number of hydrogen-bond acceptors (Lipinski definition) is 8. The van der Waals surface area contributed by atoms with Gasteiger partial charge < -0.3 is 24.9 Å². The van der Waals surface area contributed by atoms with Gasteiger partial charge in [-0.1, -0.05) is 19.1 Å². The molecule has 212 valence electrons. The lowest BCUT2D eigenvalue weighted by molar-refractivity contribution is -0.122. The lowest BCUT2D eigenvalue weighted by Crippen LogP contribution is -2.49. The molecule has 0 spiro atoms. The normalized spacial score (nSPS) is 13.1. The van der Waals surface area contributed by atoms with Crippen molar-refractivity contribution in [2.45, 2.75) is 44.9 Å². The molecule has 0 aliphatic heterocycles. The lowest BCUT2D eigenvalue weighted by atomic mass is 10.00. The van der Waals surface area contributed by atoms with E-state index in [2.05, 4.69) is 20.3 Å². The third-order valence-electron chi connectivity index (χ3n) is 5.61. The summed E-state index contributed by atoms with van der Waals surface area (Å²) in [4.78, 5) is 16.8. The van der Waals surface area contributed by atoms with Gasteiger partial charge in [0.2, 0.25) is 15.9 Å². The summed E-state index contributed by atoms with van der Waals surface area (Å²) in [5.74, 6) is -1.54. The molecule has 0 radical (unpaired) electrons. The van der Waals surface area contributed by atoms with Gasteiger partial charge >= 0.3 is 6.01 Å². The maximum Gasteiger partial charge on any atom is 0.308 e. The summed E-state index contributed by atoms with van der Waals surface area (Å²) in [6, 6.07) is 9.17. The van der Waals surface area contributed by atoms with Gasteiger partial charge in [0, 0.05) is 19.2 Å². The van der Waals surface area contributed by atoms with Gasteiger partial charge in [-0.25, -0.2) is 21.9 Å². The molecule has 1 amide bonds. The maximum atomic E-state index is 13.8. The highest BCUT2D eigenvalue weighted by atomic mass is 32.2. The molecule has 39 heavy (non-hydrogen) atoms. The number of nitrogens with one attached hydrogen (secondary N) is 3. The van der Waals surface area contributed by atoms with Crippen molar-refractivity contribution < 1.29 is 36.3 Å². The average molecular weight is 567 g/mol. The molecule has 0 fully saturated rings. The van der Waals surface area contributed by atoms with Crippen molar-refractivity contribution >= 4 is 21.9 Å². The molecule has 0 saturated carbocycles. The van der Waals surface area contributed by atoms with Crippen molar-refractivity contribution in [3.05, 3.63) is 77.2 Å². The Labute approximate surface area is 225 Å². The second-order valence-corrected chi connectivity index (χ2v) is 10.8. The van der Waals surface area contributed by atoms with Gasteiger partial charge in [-0.15, -0.1) is 0 Å². The van der Waals surface area contributed by atoms with Crippen molar-refractivity contribution in [1.82, 2.24) is 15.6 Å². The number of aliphatic hydroxyl groups is 1. The SMILES string of the molecule is CCCS(=O)(=O)Nc1nc(CC(=O)N[C@@H](Cc2cc(F)cc(F)c2)[C@H](O)CNCc2cccc(OC)c2)co1. The van der Waals surface area contributed by atoms with Gasteiger partial charge in [0.25, 0.3) is 0 Å². The summed E-state index contributed by atoms with van der Waals surface area (Å²) in [7, 11) is -2.06. The zero-order chi connectivity index (χ0) is 28.4. The first-order valence-electron chi connectivity index (χ1n) is 12.3. The van der Waals surface area contributed by atoms with Crippen LogP contribution in [0.5, 0.6) is 5.75 Å². The van der Waals surface area contributed by atoms with E-state index in [1.807, 2.05) is 18.2 Å². The summed E-state index contributed by atoms with van der Waals surface area (Å²) < 4.78 is 63.8. The van der Waals surface area contributed by atoms with Crippen LogP contribution in [0.4, 0.5) is 14.8 Å². The van der Waals surface area contributed by atoms with Gasteiger partial charge in [-0.2, -0.15) is 4.98 Å². The van der Waals surface area contributed by atoms with E-state index in [4.69, 9.17) is 9.15 Å². The molecule has 2 atom stereocenters. The quantitative estimate of drug-likeness (QED) is 0.220. The molecule has 1 aromatic heterocycles. The van der Waals surface area contributed by atoms with Gasteiger partial charge in [-0.05, 0) is 48.2 Å². The van der Waals surface area contributed by atoms with E-state index in [1.54, 1.807) is 20.1 Å². The minimum Gasteiger partial charge on any atom is -0.497 e. The van der Waals surface area contributed by atoms with Crippen LogP contribution in [0.3, 0.4) is 0 Å². The summed E-state index contributed by atoms with van der Waals surface area (Å²) in [6.07, 6.45) is 0.0883. The minimum atomic E-state index is -3.62. The number of methoxy groups -OCH3 is 1. The third-order valence-corrected chi connectivity index (χ3v) is 7.05.